The van der Waals surface area contributed by atoms with Gasteiger partial charge in [0.05, 0.1) is 12.0 Å². The Morgan fingerprint density at radius 2 is 1.66 bits per heavy atom. The number of rotatable bonds is 8. The third-order valence-corrected chi connectivity index (χ3v) is 4.51. The maximum absolute atomic E-state index is 12.9. The SMILES string of the molecule is CCOc1ccccc1Oc1coc2cc(OCC(=O)Nc3ccccc3)ccc2c1=O. The Kier molecular flexibility index (Phi) is 6.36. The summed E-state index contributed by atoms with van der Waals surface area (Å²) in [4.78, 5) is 24.9. The smallest absolute Gasteiger partial charge is 0.262 e. The first kappa shape index (κ1) is 21.0. The van der Waals surface area contributed by atoms with Crippen LogP contribution < -0.4 is 25.0 Å². The molecule has 7 nitrogen and oxygen atoms in total. The molecule has 7 heteroatoms. The fraction of sp³-hybridized carbons (Fsp3) is 0.120. The molecule has 0 unspecified atom stereocenters. The van der Waals surface area contributed by atoms with Crippen molar-refractivity contribution in [2.45, 2.75) is 6.92 Å². The molecule has 0 fully saturated rings. The number of hydrogen-bond acceptors (Lipinski definition) is 6. The first-order valence-corrected chi connectivity index (χ1v) is 10.1. The van der Waals surface area contributed by atoms with Crippen molar-refractivity contribution < 1.29 is 23.4 Å². The summed E-state index contributed by atoms with van der Waals surface area (Å²) < 4.78 is 22.4. The van der Waals surface area contributed by atoms with Crippen LogP contribution in [0.3, 0.4) is 0 Å². The maximum Gasteiger partial charge on any atom is 0.262 e. The molecular formula is C25H21NO6. The zero-order valence-corrected chi connectivity index (χ0v) is 17.4. The third kappa shape index (κ3) is 4.89. The average molecular weight is 431 g/mol. The number of ether oxygens (including phenoxy) is 3. The fourth-order valence-corrected chi connectivity index (χ4v) is 3.05. The van der Waals surface area contributed by atoms with Gasteiger partial charge in [0, 0.05) is 11.8 Å². The predicted molar refractivity (Wildman–Crippen MR) is 121 cm³/mol. The molecule has 0 saturated heterocycles. The molecule has 1 N–H and O–H groups in total. The van der Waals surface area contributed by atoms with Gasteiger partial charge in [-0.05, 0) is 43.3 Å². The Morgan fingerprint density at radius 1 is 0.906 bits per heavy atom. The second kappa shape index (κ2) is 9.70. The molecule has 0 radical (unpaired) electrons. The largest absolute Gasteiger partial charge is 0.490 e. The second-order valence-electron chi connectivity index (χ2n) is 6.77. The quantitative estimate of drug-likeness (QED) is 0.422. The molecule has 0 aliphatic rings. The van der Waals surface area contributed by atoms with E-state index in [1.54, 1.807) is 48.5 Å². The van der Waals surface area contributed by atoms with Gasteiger partial charge in [0.2, 0.25) is 11.2 Å². The van der Waals surface area contributed by atoms with Crippen LogP contribution >= 0.6 is 0 Å². The molecule has 0 aliphatic heterocycles. The van der Waals surface area contributed by atoms with E-state index in [-0.39, 0.29) is 23.7 Å². The van der Waals surface area contributed by atoms with Crippen LogP contribution in [-0.2, 0) is 4.79 Å². The molecule has 1 heterocycles. The van der Waals surface area contributed by atoms with Crippen LogP contribution in [0.4, 0.5) is 5.69 Å². The van der Waals surface area contributed by atoms with E-state index < -0.39 is 0 Å². The van der Waals surface area contributed by atoms with Crippen molar-refractivity contribution in [3.05, 3.63) is 89.3 Å². The van der Waals surface area contributed by atoms with E-state index in [0.717, 1.165) is 0 Å². The van der Waals surface area contributed by atoms with E-state index in [0.29, 0.717) is 40.5 Å². The molecule has 0 saturated carbocycles. The molecule has 0 spiro atoms. The van der Waals surface area contributed by atoms with Gasteiger partial charge in [0.25, 0.3) is 5.91 Å². The number of hydrogen-bond donors (Lipinski definition) is 1. The summed E-state index contributed by atoms with van der Waals surface area (Å²) >= 11 is 0. The summed E-state index contributed by atoms with van der Waals surface area (Å²) in [6.45, 7) is 2.16. The first-order chi connectivity index (χ1) is 15.6. The van der Waals surface area contributed by atoms with Gasteiger partial charge >= 0.3 is 0 Å². The molecule has 0 aliphatic carbocycles. The number of amides is 1. The number of anilines is 1. The second-order valence-corrected chi connectivity index (χ2v) is 6.77. The highest BCUT2D eigenvalue weighted by Crippen LogP contribution is 2.31. The highest BCUT2D eigenvalue weighted by atomic mass is 16.5. The van der Waals surface area contributed by atoms with Crippen molar-refractivity contribution in [1.29, 1.82) is 0 Å². The molecule has 1 aromatic heterocycles. The summed E-state index contributed by atoms with van der Waals surface area (Å²) in [6, 6.07) is 20.9. The summed E-state index contributed by atoms with van der Waals surface area (Å²) in [6.07, 6.45) is 1.25. The van der Waals surface area contributed by atoms with Crippen LogP contribution in [0.5, 0.6) is 23.0 Å². The van der Waals surface area contributed by atoms with Crippen molar-refractivity contribution in [3.63, 3.8) is 0 Å². The Hall–Kier alpha value is -4.26. The number of para-hydroxylation sites is 3. The van der Waals surface area contributed by atoms with Gasteiger partial charge in [-0.1, -0.05) is 30.3 Å². The predicted octanol–water partition coefficient (Wildman–Crippen LogP) is 5.00. The van der Waals surface area contributed by atoms with E-state index in [2.05, 4.69) is 5.32 Å². The molecular weight excluding hydrogens is 410 g/mol. The van der Waals surface area contributed by atoms with Gasteiger partial charge in [-0.15, -0.1) is 0 Å². The Labute approximate surface area is 184 Å². The maximum atomic E-state index is 12.9. The number of nitrogens with one attached hydrogen (secondary N) is 1. The number of fused-ring (bicyclic) bond motifs is 1. The lowest BCUT2D eigenvalue weighted by atomic mass is 10.2. The van der Waals surface area contributed by atoms with Gasteiger partial charge < -0.3 is 23.9 Å². The van der Waals surface area contributed by atoms with Crippen LogP contribution in [-0.4, -0.2) is 19.1 Å². The minimum atomic E-state index is -0.328. The molecule has 162 valence electrons. The Balaban J connectivity index is 1.47. The fourth-order valence-electron chi connectivity index (χ4n) is 3.05. The van der Waals surface area contributed by atoms with Crippen molar-refractivity contribution in [3.8, 4) is 23.0 Å². The molecule has 0 atom stereocenters. The van der Waals surface area contributed by atoms with E-state index in [4.69, 9.17) is 18.6 Å². The van der Waals surface area contributed by atoms with Crippen molar-refractivity contribution in [2.24, 2.45) is 0 Å². The lowest BCUT2D eigenvalue weighted by Gasteiger charge is -2.11. The van der Waals surface area contributed by atoms with E-state index in [1.165, 1.54) is 6.26 Å². The summed E-state index contributed by atoms with van der Waals surface area (Å²) in [7, 11) is 0. The average Bonchev–Trinajstić information content (AvgIpc) is 2.81. The number of carbonyl (C=O) groups excluding carboxylic acids is 1. The van der Waals surface area contributed by atoms with Crippen molar-refractivity contribution in [2.75, 3.05) is 18.5 Å². The van der Waals surface area contributed by atoms with Crippen LogP contribution in [0, 0.1) is 0 Å². The molecule has 1 amide bonds. The Bertz CT molecular complexity index is 1280. The van der Waals surface area contributed by atoms with Gasteiger partial charge in [-0.2, -0.15) is 0 Å². The van der Waals surface area contributed by atoms with Crippen LogP contribution in [0.15, 0.2) is 88.3 Å². The molecule has 32 heavy (non-hydrogen) atoms. The van der Waals surface area contributed by atoms with Gasteiger partial charge in [-0.25, -0.2) is 0 Å². The summed E-state index contributed by atoms with van der Waals surface area (Å²) in [5, 5.41) is 3.07. The van der Waals surface area contributed by atoms with Gasteiger partial charge in [0.1, 0.15) is 17.6 Å². The molecule has 4 rings (SSSR count). The lowest BCUT2D eigenvalue weighted by Crippen LogP contribution is -2.20. The summed E-state index contributed by atoms with van der Waals surface area (Å²) in [5.74, 6) is 1.10. The molecule has 0 bridgehead atoms. The van der Waals surface area contributed by atoms with Crippen molar-refractivity contribution >= 4 is 22.6 Å². The number of carbonyl (C=O) groups is 1. The number of benzene rings is 3. The lowest BCUT2D eigenvalue weighted by molar-refractivity contribution is -0.118. The summed E-state index contributed by atoms with van der Waals surface area (Å²) in [5.41, 5.74) is 0.677. The van der Waals surface area contributed by atoms with Crippen LogP contribution in [0.25, 0.3) is 11.0 Å². The molecule has 4 aromatic rings. The van der Waals surface area contributed by atoms with Crippen molar-refractivity contribution in [1.82, 2.24) is 0 Å². The van der Waals surface area contributed by atoms with E-state index in [9.17, 15) is 9.59 Å². The van der Waals surface area contributed by atoms with Crippen LogP contribution in [0.1, 0.15) is 6.92 Å². The minimum absolute atomic E-state index is 0.0422. The van der Waals surface area contributed by atoms with E-state index in [1.807, 2.05) is 31.2 Å². The Morgan fingerprint density at radius 3 is 2.44 bits per heavy atom. The monoisotopic (exact) mass is 431 g/mol. The van der Waals surface area contributed by atoms with Crippen LogP contribution in [0.2, 0.25) is 0 Å². The van der Waals surface area contributed by atoms with Gasteiger partial charge in [-0.3, -0.25) is 9.59 Å². The third-order valence-electron chi connectivity index (χ3n) is 4.51. The standard InChI is InChI=1S/C25H21NO6/c1-2-29-20-10-6-7-11-21(20)32-23-15-31-22-14-18(12-13-19(22)25(23)28)30-16-24(27)26-17-8-4-3-5-9-17/h3-15H,2,16H2,1H3,(H,26,27). The minimum Gasteiger partial charge on any atom is -0.490 e. The first-order valence-electron chi connectivity index (χ1n) is 10.1. The zero-order chi connectivity index (χ0) is 22.3. The topological polar surface area (TPSA) is 87.0 Å². The zero-order valence-electron chi connectivity index (χ0n) is 17.4. The normalized spacial score (nSPS) is 10.5. The van der Waals surface area contributed by atoms with Gasteiger partial charge in [0.15, 0.2) is 18.1 Å². The van der Waals surface area contributed by atoms with E-state index >= 15 is 0 Å². The highest BCUT2D eigenvalue weighted by Gasteiger charge is 2.13. The highest BCUT2D eigenvalue weighted by molar-refractivity contribution is 5.91. The molecule has 3 aromatic carbocycles.